The van der Waals surface area contributed by atoms with Crippen molar-refractivity contribution in [1.29, 1.82) is 0 Å². The number of benzene rings is 1. The van der Waals surface area contributed by atoms with Gasteiger partial charge in [-0.05, 0) is 23.6 Å². The van der Waals surface area contributed by atoms with E-state index in [1.54, 1.807) is 6.20 Å². The van der Waals surface area contributed by atoms with Gasteiger partial charge in [0.1, 0.15) is 5.82 Å². The predicted molar refractivity (Wildman–Crippen MR) is 100 cm³/mol. The van der Waals surface area contributed by atoms with Crippen molar-refractivity contribution in [1.82, 2.24) is 15.2 Å². The van der Waals surface area contributed by atoms with Crippen LogP contribution in [-0.4, -0.2) is 48.8 Å². The summed E-state index contributed by atoms with van der Waals surface area (Å²) in [5, 5.41) is 3.07. The Hall–Kier alpha value is -2.60. The maximum absolute atomic E-state index is 12.6. The number of morpholine rings is 1. The van der Waals surface area contributed by atoms with Crippen LogP contribution in [0.4, 0.5) is 10.6 Å². The number of anilines is 1. The number of hydrogen-bond donors (Lipinski definition) is 1. The van der Waals surface area contributed by atoms with Crippen LogP contribution in [-0.2, 0) is 24.2 Å². The van der Waals surface area contributed by atoms with Gasteiger partial charge in [0, 0.05) is 44.5 Å². The molecule has 0 aliphatic carbocycles. The van der Waals surface area contributed by atoms with Crippen molar-refractivity contribution in [2.75, 3.05) is 37.7 Å². The highest BCUT2D eigenvalue weighted by Crippen LogP contribution is 2.20. The van der Waals surface area contributed by atoms with Gasteiger partial charge in [-0.15, -0.1) is 0 Å². The van der Waals surface area contributed by atoms with Crippen LogP contribution >= 0.6 is 0 Å². The van der Waals surface area contributed by atoms with Gasteiger partial charge < -0.3 is 19.9 Å². The molecule has 0 saturated carbocycles. The van der Waals surface area contributed by atoms with Gasteiger partial charge in [0.25, 0.3) is 0 Å². The molecule has 2 aromatic rings. The number of carbonyl (C=O) groups is 1. The summed E-state index contributed by atoms with van der Waals surface area (Å²) in [5.41, 5.74) is 3.63. The Morgan fingerprint density at radius 3 is 2.73 bits per heavy atom. The van der Waals surface area contributed by atoms with E-state index in [0.29, 0.717) is 13.1 Å². The highest BCUT2D eigenvalue weighted by atomic mass is 16.5. The molecule has 2 amide bonds. The molecule has 2 aliphatic heterocycles. The van der Waals surface area contributed by atoms with E-state index < -0.39 is 0 Å². The molecule has 2 aliphatic rings. The van der Waals surface area contributed by atoms with Crippen LogP contribution in [0.5, 0.6) is 0 Å². The first-order valence-electron chi connectivity index (χ1n) is 9.17. The summed E-state index contributed by atoms with van der Waals surface area (Å²) in [6.45, 7) is 5.02. The first-order valence-corrected chi connectivity index (χ1v) is 9.17. The van der Waals surface area contributed by atoms with Crippen molar-refractivity contribution in [3.8, 4) is 0 Å². The zero-order chi connectivity index (χ0) is 17.8. The van der Waals surface area contributed by atoms with Crippen molar-refractivity contribution >= 4 is 11.8 Å². The molecule has 1 saturated heterocycles. The number of fused-ring (bicyclic) bond motifs is 1. The van der Waals surface area contributed by atoms with Crippen LogP contribution in [0.2, 0.25) is 0 Å². The maximum Gasteiger partial charge on any atom is 0.317 e. The molecule has 1 aromatic heterocycles. The van der Waals surface area contributed by atoms with Gasteiger partial charge in [-0.1, -0.05) is 30.3 Å². The molecule has 136 valence electrons. The molecule has 1 N–H and O–H groups in total. The van der Waals surface area contributed by atoms with E-state index in [0.717, 1.165) is 50.7 Å². The van der Waals surface area contributed by atoms with Crippen LogP contribution in [0.1, 0.15) is 16.7 Å². The smallest absolute Gasteiger partial charge is 0.317 e. The number of carbonyl (C=O) groups excluding carboxylic acids is 1. The molecule has 0 atom stereocenters. The Labute approximate surface area is 153 Å². The Kier molecular flexibility index (Phi) is 5.02. The molecular weight excluding hydrogens is 328 g/mol. The predicted octanol–water partition coefficient (Wildman–Crippen LogP) is 2.19. The average molecular weight is 352 g/mol. The van der Waals surface area contributed by atoms with Crippen molar-refractivity contribution in [2.45, 2.75) is 19.5 Å². The molecule has 3 heterocycles. The number of hydrogen-bond acceptors (Lipinski definition) is 4. The van der Waals surface area contributed by atoms with Gasteiger partial charge in [-0.3, -0.25) is 0 Å². The number of ether oxygens (including phenoxy) is 1. The third-order valence-electron chi connectivity index (χ3n) is 5.03. The third-order valence-corrected chi connectivity index (χ3v) is 5.03. The molecule has 6 nitrogen and oxygen atoms in total. The second kappa shape index (κ2) is 7.74. The number of urea groups is 1. The maximum atomic E-state index is 12.6. The summed E-state index contributed by atoms with van der Waals surface area (Å²) >= 11 is 0. The van der Waals surface area contributed by atoms with Crippen LogP contribution < -0.4 is 10.2 Å². The molecule has 4 rings (SSSR count). The first-order chi connectivity index (χ1) is 12.8. The molecule has 1 fully saturated rings. The fourth-order valence-corrected chi connectivity index (χ4v) is 3.58. The quantitative estimate of drug-likeness (QED) is 0.920. The monoisotopic (exact) mass is 352 g/mol. The van der Waals surface area contributed by atoms with Gasteiger partial charge >= 0.3 is 6.03 Å². The number of amides is 2. The van der Waals surface area contributed by atoms with Gasteiger partial charge in [-0.2, -0.15) is 0 Å². The summed E-state index contributed by atoms with van der Waals surface area (Å²) in [5.74, 6) is 0.945. The summed E-state index contributed by atoms with van der Waals surface area (Å²) < 4.78 is 5.42. The zero-order valence-corrected chi connectivity index (χ0v) is 14.9. The minimum Gasteiger partial charge on any atom is -0.378 e. The van der Waals surface area contributed by atoms with E-state index >= 15 is 0 Å². The van der Waals surface area contributed by atoms with Crippen LogP contribution in [0.15, 0.2) is 42.6 Å². The lowest BCUT2D eigenvalue weighted by Crippen LogP contribution is -2.43. The third kappa shape index (κ3) is 3.65. The van der Waals surface area contributed by atoms with Gasteiger partial charge in [0.2, 0.25) is 0 Å². The van der Waals surface area contributed by atoms with Gasteiger partial charge in [0.05, 0.1) is 13.2 Å². The second-order valence-corrected chi connectivity index (χ2v) is 6.68. The lowest BCUT2D eigenvalue weighted by atomic mass is 10.0. The lowest BCUT2D eigenvalue weighted by molar-refractivity contribution is 0.122. The standard InChI is InChI=1S/C20H24N4O2/c25-20(24-9-7-16-4-1-2-5-18(16)15-24)22-14-17-6-3-8-21-19(17)23-10-12-26-13-11-23/h1-6,8H,7,9-15H2,(H,22,25). The minimum atomic E-state index is -0.0173. The van der Waals surface area contributed by atoms with Crippen molar-refractivity contribution < 1.29 is 9.53 Å². The number of nitrogens with one attached hydrogen (secondary N) is 1. The van der Waals surface area contributed by atoms with E-state index in [9.17, 15) is 4.79 Å². The Morgan fingerprint density at radius 2 is 1.88 bits per heavy atom. The fourth-order valence-electron chi connectivity index (χ4n) is 3.58. The molecular formula is C20H24N4O2. The summed E-state index contributed by atoms with van der Waals surface area (Å²) in [6.07, 6.45) is 2.72. The minimum absolute atomic E-state index is 0.0173. The molecule has 6 heteroatoms. The van der Waals surface area contributed by atoms with Crippen molar-refractivity contribution in [3.63, 3.8) is 0 Å². The summed E-state index contributed by atoms with van der Waals surface area (Å²) in [4.78, 5) is 21.3. The molecule has 26 heavy (non-hydrogen) atoms. The topological polar surface area (TPSA) is 57.7 Å². The van der Waals surface area contributed by atoms with Crippen LogP contribution in [0.3, 0.4) is 0 Å². The normalized spacial score (nSPS) is 16.9. The van der Waals surface area contributed by atoms with E-state index in [1.807, 2.05) is 23.1 Å². The number of pyridine rings is 1. The fraction of sp³-hybridized carbons (Fsp3) is 0.400. The summed E-state index contributed by atoms with van der Waals surface area (Å²) in [6, 6.07) is 12.3. The van der Waals surface area contributed by atoms with Gasteiger partial charge in [0.15, 0.2) is 0 Å². The van der Waals surface area contributed by atoms with Crippen LogP contribution in [0.25, 0.3) is 0 Å². The highest BCUT2D eigenvalue weighted by molar-refractivity contribution is 5.74. The van der Waals surface area contributed by atoms with Crippen LogP contribution in [0, 0.1) is 0 Å². The van der Waals surface area contributed by atoms with E-state index in [1.165, 1.54) is 11.1 Å². The zero-order valence-electron chi connectivity index (χ0n) is 14.9. The Morgan fingerprint density at radius 1 is 1.08 bits per heavy atom. The highest BCUT2D eigenvalue weighted by Gasteiger charge is 2.21. The van der Waals surface area contributed by atoms with E-state index in [2.05, 4.69) is 33.4 Å². The SMILES string of the molecule is O=C(NCc1cccnc1N1CCOCC1)N1CCc2ccccc2C1. The molecule has 1 aromatic carbocycles. The van der Waals surface area contributed by atoms with E-state index in [-0.39, 0.29) is 6.03 Å². The molecule has 0 spiro atoms. The van der Waals surface area contributed by atoms with Gasteiger partial charge in [-0.25, -0.2) is 9.78 Å². The molecule has 0 bridgehead atoms. The summed E-state index contributed by atoms with van der Waals surface area (Å²) in [7, 11) is 0. The lowest BCUT2D eigenvalue weighted by Gasteiger charge is -2.30. The first kappa shape index (κ1) is 16.8. The van der Waals surface area contributed by atoms with Crippen molar-refractivity contribution in [2.24, 2.45) is 0 Å². The number of rotatable bonds is 3. The Bertz CT molecular complexity index is 774. The van der Waals surface area contributed by atoms with E-state index in [4.69, 9.17) is 4.74 Å². The largest absolute Gasteiger partial charge is 0.378 e. The van der Waals surface area contributed by atoms with Crippen molar-refractivity contribution in [3.05, 3.63) is 59.3 Å². The number of aromatic nitrogens is 1. The second-order valence-electron chi connectivity index (χ2n) is 6.68. The molecule has 0 unspecified atom stereocenters. The molecule has 0 radical (unpaired) electrons. The Balaban J connectivity index is 1.39. The number of nitrogens with zero attached hydrogens (tertiary/aromatic N) is 3. The average Bonchev–Trinajstić information content (AvgIpc) is 2.72.